The van der Waals surface area contributed by atoms with Crippen molar-refractivity contribution in [3.63, 3.8) is 0 Å². The van der Waals surface area contributed by atoms with Crippen LogP contribution in [0, 0.1) is 0 Å². The Morgan fingerprint density at radius 3 is 2.74 bits per heavy atom. The summed E-state index contributed by atoms with van der Waals surface area (Å²) in [5, 5.41) is 8.86. The van der Waals surface area contributed by atoms with Crippen molar-refractivity contribution >= 4 is 29.7 Å². The Balaban J connectivity index is 1.01. The van der Waals surface area contributed by atoms with E-state index < -0.39 is 17.8 Å². The Labute approximate surface area is 274 Å². The van der Waals surface area contributed by atoms with Gasteiger partial charge in [0.25, 0.3) is 5.91 Å². The van der Waals surface area contributed by atoms with Crippen molar-refractivity contribution in [1.29, 1.82) is 0 Å². The molecule has 47 heavy (non-hydrogen) atoms. The van der Waals surface area contributed by atoms with Gasteiger partial charge >= 0.3 is 12.2 Å². The maximum atomic E-state index is 12.5. The number of carbonyl (C=O) groups excluding carboxylic acids is 3. The van der Waals surface area contributed by atoms with Crippen LogP contribution in [0.5, 0.6) is 11.6 Å². The van der Waals surface area contributed by atoms with Crippen molar-refractivity contribution in [2.75, 3.05) is 43.1 Å². The average Bonchev–Trinajstić information content (AvgIpc) is 3.41. The van der Waals surface area contributed by atoms with Crippen LogP contribution in [0.25, 0.3) is 11.3 Å². The van der Waals surface area contributed by atoms with Crippen LogP contribution >= 0.6 is 0 Å². The summed E-state index contributed by atoms with van der Waals surface area (Å²) in [6.07, 6.45) is 2.08. The molecule has 5 rings (SSSR count). The topological polar surface area (TPSA) is 153 Å². The number of alkyl carbamates (subject to hydrolysis) is 1. The number of benzene rings is 1. The summed E-state index contributed by atoms with van der Waals surface area (Å²) >= 11 is 0. The molecule has 4 heterocycles. The molecule has 0 spiro atoms. The predicted molar refractivity (Wildman–Crippen MR) is 176 cm³/mol. The number of fused-ring (bicyclic) bond motifs is 1. The fourth-order valence-corrected chi connectivity index (χ4v) is 5.04. The van der Waals surface area contributed by atoms with Gasteiger partial charge in [-0.05, 0) is 82.8 Å². The minimum Gasteiger partial charge on any atom is -0.480 e. The third-order valence-electron chi connectivity index (χ3n) is 7.27. The number of cyclic esters (lactones) is 1. The number of nitrogens with zero attached hydrogens (tertiary/aromatic N) is 3. The molecule has 0 saturated carbocycles. The predicted octanol–water partition coefficient (Wildman–Crippen LogP) is 5.05. The Bertz CT molecular complexity index is 1560. The van der Waals surface area contributed by atoms with Crippen LogP contribution in [0.2, 0.25) is 0 Å². The number of amides is 3. The van der Waals surface area contributed by atoms with Gasteiger partial charge in [0.15, 0.2) is 18.2 Å². The van der Waals surface area contributed by atoms with Crippen LogP contribution in [0.3, 0.4) is 0 Å². The fourth-order valence-electron chi connectivity index (χ4n) is 5.04. The Hall–Kier alpha value is -4.91. The Morgan fingerprint density at radius 1 is 1.04 bits per heavy atom. The van der Waals surface area contributed by atoms with E-state index in [1.54, 1.807) is 12.1 Å². The molecule has 0 unspecified atom stereocenters. The second kappa shape index (κ2) is 15.6. The van der Waals surface area contributed by atoms with Crippen LogP contribution in [0.15, 0.2) is 54.6 Å². The lowest BCUT2D eigenvalue weighted by atomic mass is 10.1. The lowest BCUT2D eigenvalue weighted by molar-refractivity contribution is -0.118. The van der Waals surface area contributed by atoms with Crippen LogP contribution in [0.1, 0.15) is 52.0 Å². The van der Waals surface area contributed by atoms with Gasteiger partial charge in [0.2, 0.25) is 5.88 Å². The van der Waals surface area contributed by atoms with Gasteiger partial charge < -0.3 is 34.9 Å². The zero-order chi connectivity index (χ0) is 33.2. The monoisotopic (exact) mass is 646 g/mol. The van der Waals surface area contributed by atoms with E-state index in [0.717, 1.165) is 36.1 Å². The summed E-state index contributed by atoms with van der Waals surface area (Å²) in [5.74, 6) is 1.45. The van der Waals surface area contributed by atoms with E-state index in [9.17, 15) is 14.4 Å². The highest BCUT2D eigenvalue weighted by atomic mass is 16.6. The summed E-state index contributed by atoms with van der Waals surface area (Å²) in [4.78, 5) is 46.4. The lowest BCUT2D eigenvalue weighted by Gasteiger charge is -2.19. The minimum atomic E-state index is -0.501. The van der Waals surface area contributed by atoms with Gasteiger partial charge in [-0.25, -0.2) is 19.6 Å². The first-order valence-corrected chi connectivity index (χ1v) is 15.9. The number of rotatable bonds is 14. The van der Waals surface area contributed by atoms with Crippen LogP contribution in [0.4, 0.5) is 21.2 Å². The number of hydrogen-bond acceptors (Lipinski definition) is 10. The number of anilines is 2. The quantitative estimate of drug-likeness (QED) is 0.203. The number of nitrogens with one attached hydrogen (secondary N) is 3. The van der Waals surface area contributed by atoms with Crippen molar-refractivity contribution in [2.24, 2.45) is 0 Å². The molecule has 2 aliphatic heterocycles. The Morgan fingerprint density at radius 2 is 1.89 bits per heavy atom. The molecule has 1 atom stereocenters. The maximum Gasteiger partial charge on any atom is 0.415 e. The standard InChI is InChI=1S/C34H42N6O7/c1-34(2,3)47-32(42)36-16-5-4-6-18-44-30-12-8-11-26(37-30)24-10-7-9-23(19-24)20-35-17-15-25-21-40(33(43)46-25)28-14-13-27-31(38-28)39-29(41)22-45-27/h7-14,19,25,35H,4-6,15-18,20-22H2,1-3H3,(H,36,42)(H,38,39,41)/t25-/m0/s1. The van der Waals surface area contributed by atoms with Gasteiger partial charge in [0.05, 0.1) is 18.8 Å². The summed E-state index contributed by atoms with van der Waals surface area (Å²) in [7, 11) is 0. The smallest absolute Gasteiger partial charge is 0.415 e. The van der Waals surface area contributed by atoms with Crippen molar-refractivity contribution in [3.8, 4) is 22.9 Å². The molecule has 1 saturated heterocycles. The number of hydrogen-bond donors (Lipinski definition) is 3. The van der Waals surface area contributed by atoms with Crippen molar-refractivity contribution in [1.82, 2.24) is 20.6 Å². The van der Waals surface area contributed by atoms with E-state index in [2.05, 4.69) is 38.1 Å². The first-order valence-electron chi connectivity index (χ1n) is 15.9. The number of unbranched alkanes of at least 4 members (excludes halogenated alkanes) is 2. The van der Waals surface area contributed by atoms with Gasteiger partial charge in [-0.1, -0.05) is 24.3 Å². The van der Waals surface area contributed by atoms with E-state index in [1.807, 2.05) is 51.1 Å². The van der Waals surface area contributed by atoms with Crippen LogP contribution in [-0.4, -0.2) is 72.6 Å². The van der Waals surface area contributed by atoms with Crippen molar-refractivity contribution in [2.45, 2.75) is 64.7 Å². The number of carbonyl (C=O) groups is 3. The fraction of sp³-hybridized carbons (Fsp3) is 0.441. The van der Waals surface area contributed by atoms with E-state index in [-0.39, 0.29) is 18.6 Å². The second-order valence-corrected chi connectivity index (χ2v) is 12.3. The summed E-state index contributed by atoms with van der Waals surface area (Å²) < 4.78 is 22.0. The van der Waals surface area contributed by atoms with Gasteiger partial charge in [-0.15, -0.1) is 0 Å². The zero-order valence-electron chi connectivity index (χ0n) is 27.0. The summed E-state index contributed by atoms with van der Waals surface area (Å²) in [5.41, 5.74) is 2.41. The molecule has 0 radical (unpaired) electrons. The van der Waals surface area contributed by atoms with E-state index in [0.29, 0.717) is 62.5 Å². The molecular formula is C34H42N6O7. The van der Waals surface area contributed by atoms with Crippen LogP contribution < -0.4 is 30.3 Å². The Kier molecular flexibility index (Phi) is 11.1. The molecule has 2 aromatic heterocycles. The highest BCUT2D eigenvalue weighted by Crippen LogP contribution is 2.30. The molecule has 1 aromatic carbocycles. The zero-order valence-corrected chi connectivity index (χ0v) is 27.0. The van der Waals surface area contributed by atoms with Crippen molar-refractivity contribution < 1.29 is 33.3 Å². The molecular weight excluding hydrogens is 604 g/mol. The number of aromatic nitrogens is 2. The van der Waals surface area contributed by atoms with Gasteiger partial charge in [0, 0.05) is 24.7 Å². The highest BCUT2D eigenvalue weighted by Gasteiger charge is 2.33. The molecule has 0 bridgehead atoms. The third kappa shape index (κ3) is 10.0. The molecule has 3 aromatic rings. The first kappa shape index (κ1) is 33.5. The lowest BCUT2D eigenvalue weighted by Crippen LogP contribution is -2.33. The largest absolute Gasteiger partial charge is 0.480 e. The molecule has 250 valence electrons. The molecule has 0 aliphatic carbocycles. The summed E-state index contributed by atoms with van der Waals surface area (Å²) in [6, 6.07) is 17.3. The van der Waals surface area contributed by atoms with Gasteiger partial charge in [-0.2, -0.15) is 0 Å². The molecule has 13 nitrogen and oxygen atoms in total. The normalized spacial score (nSPS) is 15.7. The molecule has 2 aliphatic rings. The van der Waals surface area contributed by atoms with Gasteiger partial charge in [0.1, 0.15) is 17.5 Å². The third-order valence-corrected chi connectivity index (χ3v) is 7.27. The minimum absolute atomic E-state index is 0.0561. The molecule has 13 heteroatoms. The van der Waals surface area contributed by atoms with Gasteiger partial charge in [-0.3, -0.25) is 9.69 Å². The molecule has 3 amide bonds. The average molecular weight is 647 g/mol. The number of pyridine rings is 2. The van der Waals surface area contributed by atoms with Crippen molar-refractivity contribution in [3.05, 3.63) is 60.2 Å². The summed E-state index contributed by atoms with van der Waals surface area (Å²) in [6.45, 7) is 8.23. The van der Waals surface area contributed by atoms with E-state index in [1.165, 1.54) is 4.90 Å². The molecule has 1 fully saturated rings. The SMILES string of the molecule is CC(C)(C)OC(=O)NCCCCCOc1cccc(-c2cccc(CNCC[C@H]3CN(c4ccc5c(n4)NC(=O)CO5)C(=O)O3)c2)n1. The maximum absolute atomic E-state index is 12.5. The molecule has 3 N–H and O–H groups in total. The van der Waals surface area contributed by atoms with E-state index >= 15 is 0 Å². The highest BCUT2D eigenvalue weighted by molar-refractivity contribution is 5.95. The van der Waals surface area contributed by atoms with Crippen LogP contribution in [-0.2, 0) is 20.8 Å². The first-order chi connectivity index (χ1) is 22.6. The second-order valence-electron chi connectivity index (χ2n) is 12.3. The number of ether oxygens (including phenoxy) is 4. The van der Waals surface area contributed by atoms with E-state index in [4.69, 9.17) is 18.9 Å².